The zero-order chi connectivity index (χ0) is 19.3. The molecule has 7 nitrogen and oxygen atoms in total. The van der Waals surface area contributed by atoms with Crippen LogP contribution in [-0.2, 0) is 4.79 Å². The lowest BCUT2D eigenvalue weighted by Crippen LogP contribution is -2.55. The number of piperidine rings is 2. The Balaban J connectivity index is 1.15. The molecule has 2 atom stereocenters. The SMILES string of the molecule is Cc1noc(N2C3CCC2CC(N2CCC(C(=O)NC4(C)CCC4)CC2)C3)n1. The first-order valence-electron chi connectivity index (χ1n) is 11.2. The van der Waals surface area contributed by atoms with Gasteiger partial charge < -0.3 is 19.6 Å². The molecule has 1 amide bonds. The predicted octanol–water partition coefficient (Wildman–Crippen LogP) is 2.65. The van der Waals surface area contributed by atoms with Crippen molar-refractivity contribution in [1.82, 2.24) is 20.4 Å². The summed E-state index contributed by atoms with van der Waals surface area (Å²) in [5.74, 6) is 1.21. The third kappa shape index (κ3) is 3.31. The quantitative estimate of drug-likeness (QED) is 0.856. The van der Waals surface area contributed by atoms with Crippen LogP contribution < -0.4 is 10.2 Å². The number of nitrogens with zero attached hydrogens (tertiary/aromatic N) is 4. The summed E-state index contributed by atoms with van der Waals surface area (Å²) in [6.45, 7) is 6.18. The second kappa shape index (κ2) is 7.01. The summed E-state index contributed by atoms with van der Waals surface area (Å²) in [4.78, 5) is 22.2. The lowest BCUT2D eigenvalue weighted by atomic mass is 9.78. The van der Waals surface area contributed by atoms with Gasteiger partial charge in [-0.25, -0.2) is 0 Å². The van der Waals surface area contributed by atoms with E-state index in [4.69, 9.17) is 4.52 Å². The van der Waals surface area contributed by atoms with Gasteiger partial charge in [0.05, 0.1) is 0 Å². The largest absolute Gasteiger partial charge is 0.351 e. The van der Waals surface area contributed by atoms with Gasteiger partial charge in [0.15, 0.2) is 5.82 Å². The molecule has 3 aliphatic heterocycles. The van der Waals surface area contributed by atoms with Gasteiger partial charge in [0.2, 0.25) is 5.91 Å². The Bertz CT molecular complexity index is 708. The Morgan fingerprint density at radius 3 is 2.32 bits per heavy atom. The van der Waals surface area contributed by atoms with Crippen LogP contribution in [0.15, 0.2) is 4.52 Å². The summed E-state index contributed by atoms with van der Waals surface area (Å²) in [5.41, 5.74) is 0.0767. The first-order valence-corrected chi connectivity index (χ1v) is 11.2. The highest BCUT2D eigenvalue weighted by atomic mass is 16.5. The molecule has 7 heteroatoms. The number of amides is 1. The number of nitrogens with one attached hydrogen (secondary N) is 1. The van der Waals surface area contributed by atoms with Gasteiger partial charge in [0.1, 0.15) is 0 Å². The first-order chi connectivity index (χ1) is 13.5. The molecule has 154 valence electrons. The van der Waals surface area contributed by atoms with Crippen LogP contribution in [0.5, 0.6) is 0 Å². The van der Waals surface area contributed by atoms with Gasteiger partial charge in [-0.05, 0) is 84.7 Å². The second-order valence-corrected chi connectivity index (χ2v) is 9.76. The molecular weight excluding hydrogens is 354 g/mol. The fourth-order valence-corrected chi connectivity index (χ4v) is 5.91. The zero-order valence-electron chi connectivity index (χ0n) is 17.2. The summed E-state index contributed by atoms with van der Waals surface area (Å²) >= 11 is 0. The zero-order valence-corrected chi connectivity index (χ0v) is 17.2. The minimum absolute atomic E-state index is 0.0767. The maximum atomic E-state index is 12.6. The van der Waals surface area contributed by atoms with Crippen LogP contribution in [0.2, 0.25) is 0 Å². The van der Waals surface area contributed by atoms with Gasteiger partial charge in [-0.3, -0.25) is 4.79 Å². The monoisotopic (exact) mass is 387 g/mol. The fraction of sp³-hybridized carbons (Fsp3) is 0.857. The van der Waals surface area contributed by atoms with E-state index >= 15 is 0 Å². The van der Waals surface area contributed by atoms with Crippen LogP contribution in [0.3, 0.4) is 0 Å². The van der Waals surface area contributed by atoms with E-state index in [1.807, 2.05) is 6.92 Å². The van der Waals surface area contributed by atoms with E-state index in [9.17, 15) is 4.79 Å². The van der Waals surface area contributed by atoms with Gasteiger partial charge >= 0.3 is 6.01 Å². The van der Waals surface area contributed by atoms with Crippen LogP contribution >= 0.6 is 0 Å². The number of likely N-dealkylation sites (tertiary alicyclic amines) is 1. The van der Waals surface area contributed by atoms with Crippen molar-refractivity contribution < 1.29 is 9.32 Å². The van der Waals surface area contributed by atoms with Crippen LogP contribution in [0.1, 0.15) is 70.5 Å². The fourth-order valence-electron chi connectivity index (χ4n) is 5.91. The average Bonchev–Trinajstić information content (AvgIpc) is 3.20. The van der Waals surface area contributed by atoms with Crippen molar-refractivity contribution in [2.75, 3.05) is 18.0 Å². The Morgan fingerprint density at radius 2 is 1.79 bits per heavy atom. The smallest absolute Gasteiger partial charge is 0.324 e. The molecule has 4 heterocycles. The topological polar surface area (TPSA) is 74.5 Å². The average molecular weight is 388 g/mol. The number of aryl methyl sites for hydroxylation is 1. The number of fused-ring (bicyclic) bond motifs is 2. The molecule has 0 radical (unpaired) electrons. The van der Waals surface area contributed by atoms with Crippen molar-refractivity contribution in [3.63, 3.8) is 0 Å². The van der Waals surface area contributed by atoms with Gasteiger partial charge in [-0.15, -0.1) is 0 Å². The van der Waals surface area contributed by atoms with Gasteiger partial charge in [-0.2, -0.15) is 4.98 Å². The maximum absolute atomic E-state index is 12.6. The van der Waals surface area contributed by atoms with Crippen molar-refractivity contribution in [3.05, 3.63) is 5.82 Å². The lowest BCUT2D eigenvalue weighted by Gasteiger charge is -2.45. The number of hydrogen-bond donors (Lipinski definition) is 1. The first kappa shape index (κ1) is 18.4. The van der Waals surface area contributed by atoms with E-state index < -0.39 is 0 Å². The second-order valence-electron chi connectivity index (χ2n) is 9.76. The number of hydrogen-bond acceptors (Lipinski definition) is 6. The Kier molecular flexibility index (Phi) is 4.61. The molecule has 4 fully saturated rings. The van der Waals surface area contributed by atoms with Crippen LogP contribution in [0.4, 0.5) is 6.01 Å². The van der Waals surface area contributed by atoms with Crippen molar-refractivity contribution in [2.45, 2.75) is 95.3 Å². The highest BCUT2D eigenvalue weighted by Gasteiger charge is 2.45. The highest BCUT2D eigenvalue weighted by Crippen LogP contribution is 2.41. The molecule has 4 aliphatic rings. The summed E-state index contributed by atoms with van der Waals surface area (Å²) in [5, 5.41) is 7.30. The molecule has 1 aromatic rings. The van der Waals surface area contributed by atoms with E-state index in [0.29, 0.717) is 35.9 Å². The number of carbonyl (C=O) groups is 1. The minimum atomic E-state index is 0.0767. The highest BCUT2D eigenvalue weighted by molar-refractivity contribution is 5.79. The van der Waals surface area contributed by atoms with E-state index in [1.165, 1.54) is 32.1 Å². The Hall–Kier alpha value is -1.63. The third-order valence-electron chi connectivity index (χ3n) is 7.74. The van der Waals surface area contributed by atoms with E-state index in [-0.39, 0.29) is 11.5 Å². The number of aromatic nitrogens is 2. The van der Waals surface area contributed by atoms with Crippen LogP contribution in [0.25, 0.3) is 0 Å². The van der Waals surface area contributed by atoms with Crippen molar-refractivity contribution in [3.8, 4) is 0 Å². The molecule has 3 saturated heterocycles. The maximum Gasteiger partial charge on any atom is 0.324 e. The molecule has 1 aliphatic carbocycles. The van der Waals surface area contributed by atoms with E-state index in [2.05, 4.69) is 32.2 Å². The molecule has 1 aromatic heterocycles. The molecule has 2 bridgehead atoms. The molecule has 1 saturated carbocycles. The minimum Gasteiger partial charge on any atom is -0.351 e. The molecule has 2 unspecified atom stereocenters. The molecule has 0 spiro atoms. The standard InChI is InChI=1S/C21H33N5O2/c1-14-22-20(28-24-14)26-16-4-5-17(26)13-18(12-16)25-10-6-15(7-11-25)19(27)23-21(2)8-3-9-21/h15-18H,3-13H2,1-2H3,(H,23,27). The summed E-state index contributed by atoms with van der Waals surface area (Å²) in [6.07, 6.45) is 10.3. The molecule has 1 N–H and O–H groups in total. The molecule has 28 heavy (non-hydrogen) atoms. The summed E-state index contributed by atoms with van der Waals surface area (Å²) in [6, 6.07) is 2.38. The number of carbonyl (C=O) groups excluding carboxylic acids is 1. The molecular formula is C21H33N5O2. The normalized spacial score (nSPS) is 32.9. The van der Waals surface area contributed by atoms with Gasteiger partial charge in [0.25, 0.3) is 0 Å². The van der Waals surface area contributed by atoms with Gasteiger partial charge in [-0.1, -0.05) is 5.16 Å². The van der Waals surface area contributed by atoms with Crippen molar-refractivity contribution >= 4 is 11.9 Å². The summed E-state index contributed by atoms with van der Waals surface area (Å²) in [7, 11) is 0. The molecule has 0 aromatic carbocycles. The lowest BCUT2D eigenvalue weighted by molar-refractivity contribution is -0.129. The van der Waals surface area contributed by atoms with Crippen molar-refractivity contribution in [1.29, 1.82) is 0 Å². The molecule has 5 rings (SSSR count). The van der Waals surface area contributed by atoms with Gasteiger partial charge in [0, 0.05) is 29.6 Å². The van der Waals surface area contributed by atoms with E-state index in [1.54, 1.807) is 0 Å². The van der Waals surface area contributed by atoms with Crippen LogP contribution in [0, 0.1) is 12.8 Å². The van der Waals surface area contributed by atoms with Crippen LogP contribution in [-0.4, -0.2) is 57.7 Å². The summed E-state index contributed by atoms with van der Waals surface area (Å²) < 4.78 is 5.47. The number of rotatable bonds is 4. The third-order valence-corrected chi connectivity index (χ3v) is 7.74. The predicted molar refractivity (Wildman–Crippen MR) is 106 cm³/mol. The Morgan fingerprint density at radius 1 is 1.11 bits per heavy atom. The van der Waals surface area contributed by atoms with E-state index in [0.717, 1.165) is 38.8 Å². The Labute approximate surface area is 167 Å². The number of anilines is 1. The van der Waals surface area contributed by atoms with Crippen molar-refractivity contribution in [2.24, 2.45) is 5.92 Å².